The average Bonchev–Trinajstić information content (AvgIpc) is 2.31. The summed E-state index contributed by atoms with van der Waals surface area (Å²) < 4.78 is 0. The molecule has 0 unspecified atom stereocenters. The normalized spacial score (nSPS) is 16.7. The van der Waals surface area contributed by atoms with Gasteiger partial charge >= 0.3 is 0 Å². The summed E-state index contributed by atoms with van der Waals surface area (Å²) in [5.74, 6) is 0.891. The highest BCUT2D eigenvalue weighted by Gasteiger charge is 2.13. The molecule has 2 rings (SSSR count). The lowest BCUT2D eigenvalue weighted by Gasteiger charge is -2.26. The van der Waals surface area contributed by atoms with Crippen LogP contribution in [0.15, 0.2) is 12.3 Å². The van der Waals surface area contributed by atoms with Crippen molar-refractivity contribution < 1.29 is 0 Å². The van der Waals surface area contributed by atoms with Gasteiger partial charge in [-0.15, -0.1) is 0 Å². The maximum Gasteiger partial charge on any atom is 0.225 e. The fourth-order valence-electron chi connectivity index (χ4n) is 1.91. The van der Waals surface area contributed by atoms with Crippen molar-refractivity contribution >= 4 is 5.95 Å². The van der Waals surface area contributed by atoms with E-state index in [1.807, 2.05) is 19.3 Å². The molecule has 1 aliphatic rings. The van der Waals surface area contributed by atoms with E-state index < -0.39 is 0 Å². The topological polar surface area (TPSA) is 41.1 Å². The SMILES string of the molecule is CNCc1ccnc(N2CCCCC2)n1. The maximum atomic E-state index is 4.54. The van der Waals surface area contributed by atoms with Gasteiger partial charge in [0.05, 0.1) is 5.69 Å². The summed E-state index contributed by atoms with van der Waals surface area (Å²) in [6, 6.07) is 1.96. The third-order valence-electron chi connectivity index (χ3n) is 2.70. The van der Waals surface area contributed by atoms with E-state index in [2.05, 4.69) is 20.2 Å². The lowest BCUT2D eigenvalue weighted by molar-refractivity contribution is 0.566. The van der Waals surface area contributed by atoms with Gasteiger partial charge in [-0.2, -0.15) is 0 Å². The zero-order valence-corrected chi connectivity index (χ0v) is 9.24. The number of aromatic nitrogens is 2. The first-order valence-electron chi connectivity index (χ1n) is 5.61. The van der Waals surface area contributed by atoms with E-state index in [9.17, 15) is 0 Å². The minimum absolute atomic E-state index is 0.809. The van der Waals surface area contributed by atoms with Crippen molar-refractivity contribution in [3.8, 4) is 0 Å². The van der Waals surface area contributed by atoms with Crippen molar-refractivity contribution in [1.82, 2.24) is 15.3 Å². The van der Waals surface area contributed by atoms with Crippen LogP contribution in [0.25, 0.3) is 0 Å². The molecule has 0 aromatic carbocycles. The van der Waals surface area contributed by atoms with Gasteiger partial charge in [0.25, 0.3) is 0 Å². The Labute approximate surface area is 90.7 Å². The molecule has 1 N–H and O–H groups in total. The highest BCUT2D eigenvalue weighted by molar-refractivity contribution is 5.30. The molecule has 0 bridgehead atoms. The van der Waals surface area contributed by atoms with Crippen molar-refractivity contribution in [2.75, 3.05) is 25.0 Å². The molecule has 2 heterocycles. The Morgan fingerprint density at radius 1 is 1.33 bits per heavy atom. The highest BCUT2D eigenvalue weighted by Crippen LogP contribution is 2.15. The van der Waals surface area contributed by atoms with Gasteiger partial charge in [-0.05, 0) is 32.4 Å². The van der Waals surface area contributed by atoms with Crippen LogP contribution in [-0.2, 0) is 6.54 Å². The number of nitrogens with zero attached hydrogens (tertiary/aromatic N) is 3. The second kappa shape index (κ2) is 5.07. The van der Waals surface area contributed by atoms with E-state index >= 15 is 0 Å². The van der Waals surface area contributed by atoms with Gasteiger partial charge in [0.1, 0.15) is 0 Å². The zero-order chi connectivity index (χ0) is 10.5. The molecule has 0 saturated carbocycles. The molecule has 0 radical (unpaired) electrons. The van der Waals surface area contributed by atoms with Crippen molar-refractivity contribution in [2.45, 2.75) is 25.8 Å². The van der Waals surface area contributed by atoms with Gasteiger partial charge in [0.15, 0.2) is 0 Å². The smallest absolute Gasteiger partial charge is 0.225 e. The average molecular weight is 206 g/mol. The number of rotatable bonds is 3. The minimum Gasteiger partial charge on any atom is -0.341 e. The molecule has 0 amide bonds. The summed E-state index contributed by atoms with van der Waals surface area (Å²) in [6.45, 7) is 3.01. The van der Waals surface area contributed by atoms with Gasteiger partial charge in [0.2, 0.25) is 5.95 Å². The monoisotopic (exact) mass is 206 g/mol. The van der Waals surface area contributed by atoms with Crippen LogP contribution < -0.4 is 10.2 Å². The second-order valence-electron chi connectivity index (χ2n) is 3.93. The molecule has 4 heteroatoms. The molecule has 1 fully saturated rings. The van der Waals surface area contributed by atoms with Gasteiger partial charge in [0, 0.05) is 25.8 Å². The lowest BCUT2D eigenvalue weighted by atomic mass is 10.1. The first-order valence-corrected chi connectivity index (χ1v) is 5.61. The summed E-state index contributed by atoms with van der Waals surface area (Å²) in [4.78, 5) is 11.2. The van der Waals surface area contributed by atoms with Crippen molar-refractivity contribution in [1.29, 1.82) is 0 Å². The van der Waals surface area contributed by atoms with Crippen LogP contribution in [0.5, 0.6) is 0 Å². The number of piperidine rings is 1. The van der Waals surface area contributed by atoms with E-state index in [1.165, 1.54) is 19.3 Å². The first-order chi connectivity index (χ1) is 7.40. The Hall–Kier alpha value is -1.16. The van der Waals surface area contributed by atoms with Gasteiger partial charge in [-0.25, -0.2) is 9.97 Å². The third kappa shape index (κ3) is 2.65. The zero-order valence-electron chi connectivity index (χ0n) is 9.24. The Kier molecular flexibility index (Phi) is 3.50. The summed E-state index contributed by atoms with van der Waals surface area (Å²) in [7, 11) is 1.93. The maximum absolute atomic E-state index is 4.54. The fourth-order valence-corrected chi connectivity index (χ4v) is 1.91. The molecule has 1 aromatic rings. The predicted molar refractivity (Wildman–Crippen MR) is 60.9 cm³/mol. The quantitative estimate of drug-likeness (QED) is 0.806. The first kappa shape index (κ1) is 10.4. The number of hydrogen-bond acceptors (Lipinski definition) is 4. The van der Waals surface area contributed by atoms with Gasteiger partial charge in [-0.3, -0.25) is 0 Å². The third-order valence-corrected chi connectivity index (χ3v) is 2.70. The van der Waals surface area contributed by atoms with E-state index in [-0.39, 0.29) is 0 Å². The van der Waals surface area contributed by atoms with Crippen molar-refractivity contribution in [3.63, 3.8) is 0 Å². The summed E-state index contributed by atoms with van der Waals surface area (Å²) in [5, 5.41) is 3.11. The van der Waals surface area contributed by atoms with Crippen LogP contribution in [0.2, 0.25) is 0 Å². The number of hydrogen-bond donors (Lipinski definition) is 1. The standard InChI is InChI=1S/C11H18N4/c1-12-9-10-5-6-13-11(14-10)15-7-3-2-4-8-15/h5-6,12H,2-4,7-9H2,1H3. The Bertz CT molecular complexity index is 307. The van der Waals surface area contributed by atoms with Crippen molar-refractivity contribution in [2.24, 2.45) is 0 Å². The van der Waals surface area contributed by atoms with E-state index in [1.54, 1.807) is 0 Å². The van der Waals surface area contributed by atoms with Crippen LogP contribution in [0.1, 0.15) is 25.0 Å². The Morgan fingerprint density at radius 3 is 2.87 bits per heavy atom. The largest absolute Gasteiger partial charge is 0.341 e. The van der Waals surface area contributed by atoms with Crippen molar-refractivity contribution in [3.05, 3.63) is 18.0 Å². The molecule has 1 aromatic heterocycles. The molecular weight excluding hydrogens is 188 g/mol. The number of nitrogens with one attached hydrogen (secondary N) is 1. The molecule has 1 saturated heterocycles. The summed E-state index contributed by atoms with van der Waals surface area (Å²) >= 11 is 0. The molecular formula is C11H18N4. The van der Waals surface area contributed by atoms with Gasteiger partial charge in [-0.1, -0.05) is 0 Å². The van der Waals surface area contributed by atoms with E-state index in [0.29, 0.717) is 0 Å². The predicted octanol–water partition coefficient (Wildman–Crippen LogP) is 1.19. The molecule has 1 aliphatic heterocycles. The van der Waals surface area contributed by atoms with Crippen LogP contribution in [0, 0.1) is 0 Å². The van der Waals surface area contributed by atoms with Crippen LogP contribution in [0.4, 0.5) is 5.95 Å². The highest BCUT2D eigenvalue weighted by atomic mass is 15.2. The minimum atomic E-state index is 0.809. The molecule has 0 spiro atoms. The summed E-state index contributed by atoms with van der Waals surface area (Å²) in [6.07, 6.45) is 5.72. The molecule has 15 heavy (non-hydrogen) atoms. The molecule has 4 nitrogen and oxygen atoms in total. The van der Waals surface area contributed by atoms with E-state index in [0.717, 1.165) is 31.3 Å². The summed E-state index contributed by atoms with van der Waals surface area (Å²) in [5.41, 5.74) is 1.06. The molecule has 0 aliphatic carbocycles. The fraction of sp³-hybridized carbons (Fsp3) is 0.636. The van der Waals surface area contributed by atoms with Crippen LogP contribution >= 0.6 is 0 Å². The van der Waals surface area contributed by atoms with Crippen LogP contribution in [-0.4, -0.2) is 30.1 Å². The molecule has 82 valence electrons. The second-order valence-corrected chi connectivity index (χ2v) is 3.93. The molecule has 0 atom stereocenters. The Morgan fingerprint density at radius 2 is 2.13 bits per heavy atom. The van der Waals surface area contributed by atoms with E-state index in [4.69, 9.17) is 0 Å². The lowest BCUT2D eigenvalue weighted by Crippen LogP contribution is -2.31. The van der Waals surface area contributed by atoms with Gasteiger partial charge < -0.3 is 10.2 Å². The Balaban J connectivity index is 2.09. The van der Waals surface area contributed by atoms with Crippen LogP contribution in [0.3, 0.4) is 0 Å². The number of anilines is 1.